The van der Waals surface area contributed by atoms with Crippen molar-refractivity contribution in [2.75, 3.05) is 46.4 Å². The molecule has 1 aromatic heterocycles. The van der Waals surface area contributed by atoms with Crippen molar-refractivity contribution in [3.05, 3.63) is 23.6 Å². The van der Waals surface area contributed by atoms with E-state index < -0.39 is 0 Å². The Morgan fingerprint density at radius 3 is 2.83 bits per heavy atom. The Bertz CT molecular complexity index is 662. The third kappa shape index (κ3) is 4.02. The summed E-state index contributed by atoms with van der Waals surface area (Å²) in [6, 6.07) is 3.68. The van der Waals surface area contributed by atoms with Crippen LogP contribution in [0.2, 0.25) is 5.15 Å². The Labute approximate surface area is 140 Å². The van der Waals surface area contributed by atoms with Crippen LogP contribution >= 0.6 is 11.6 Å². The molecule has 2 aromatic rings. The van der Waals surface area contributed by atoms with E-state index in [9.17, 15) is 0 Å². The number of nitrogens with zero attached hydrogens (tertiary/aromatic N) is 3. The number of rotatable bonds is 6. The molecule has 0 spiro atoms. The zero-order valence-electron chi connectivity index (χ0n) is 13.2. The van der Waals surface area contributed by atoms with Crippen LogP contribution < -0.4 is 14.8 Å². The largest absolute Gasteiger partial charge is 0.493 e. The molecular weight excluding hydrogens is 316 g/mol. The lowest BCUT2D eigenvalue weighted by Gasteiger charge is -2.27. The minimum Gasteiger partial charge on any atom is -0.493 e. The monoisotopic (exact) mass is 336 g/mol. The van der Waals surface area contributed by atoms with Crippen molar-refractivity contribution in [1.82, 2.24) is 20.2 Å². The average Bonchev–Trinajstić information content (AvgIpc) is 2.59. The van der Waals surface area contributed by atoms with E-state index in [1.54, 1.807) is 7.11 Å². The highest BCUT2D eigenvalue weighted by Crippen LogP contribution is 2.33. The Morgan fingerprint density at radius 1 is 1.22 bits per heavy atom. The fourth-order valence-electron chi connectivity index (χ4n) is 2.71. The molecule has 124 valence electrons. The van der Waals surface area contributed by atoms with Crippen LogP contribution in [0.5, 0.6) is 11.5 Å². The molecule has 1 aliphatic rings. The predicted molar refractivity (Wildman–Crippen MR) is 90.5 cm³/mol. The molecule has 1 N–H and O–H groups in total. The van der Waals surface area contributed by atoms with E-state index in [0.29, 0.717) is 23.3 Å². The standard InChI is InChI=1S/C16H21ClN4O2/c1-22-14-9-12-13(19-11-20-16(12)17)10-15(14)23-8-2-5-21-6-3-18-4-7-21/h9-11,18H,2-8H2,1H3. The Balaban J connectivity index is 1.62. The molecule has 7 heteroatoms. The van der Waals surface area contributed by atoms with E-state index >= 15 is 0 Å². The van der Waals surface area contributed by atoms with Gasteiger partial charge >= 0.3 is 0 Å². The first-order chi connectivity index (χ1) is 11.3. The number of hydrogen-bond acceptors (Lipinski definition) is 6. The molecule has 0 radical (unpaired) electrons. The van der Waals surface area contributed by atoms with E-state index in [2.05, 4.69) is 20.2 Å². The van der Waals surface area contributed by atoms with Crippen molar-refractivity contribution in [2.45, 2.75) is 6.42 Å². The first-order valence-electron chi connectivity index (χ1n) is 7.82. The van der Waals surface area contributed by atoms with Gasteiger partial charge < -0.3 is 19.7 Å². The summed E-state index contributed by atoms with van der Waals surface area (Å²) in [4.78, 5) is 10.7. The SMILES string of the molecule is COc1cc2c(Cl)ncnc2cc1OCCCN1CCNCC1. The van der Waals surface area contributed by atoms with Gasteiger partial charge in [-0.1, -0.05) is 11.6 Å². The molecule has 0 saturated carbocycles. The second kappa shape index (κ2) is 7.77. The molecule has 0 amide bonds. The first-order valence-corrected chi connectivity index (χ1v) is 8.20. The van der Waals surface area contributed by atoms with E-state index in [-0.39, 0.29) is 0 Å². The van der Waals surface area contributed by atoms with Crippen molar-refractivity contribution in [3.63, 3.8) is 0 Å². The lowest BCUT2D eigenvalue weighted by molar-refractivity contribution is 0.211. The summed E-state index contributed by atoms with van der Waals surface area (Å²) >= 11 is 6.09. The zero-order chi connectivity index (χ0) is 16.1. The van der Waals surface area contributed by atoms with Gasteiger partial charge in [0.2, 0.25) is 0 Å². The van der Waals surface area contributed by atoms with E-state index in [4.69, 9.17) is 21.1 Å². The number of nitrogens with one attached hydrogen (secondary N) is 1. The summed E-state index contributed by atoms with van der Waals surface area (Å²) in [6.07, 6.45) is 2.43. The fourth-order valence-corrected chi connectivity index (χ4v) is 2.90. The highest BCUT2D eigenvalue weighted by Gasteiger charge is 2.12. The molecule has 6 nitrogen and oxygen atoms in total. The Hall–Kier alpha value is -1.63. The van der Waals surface area contributed by atoms with Gasteiger partial charge in [0.25, 0.3) is 0 Å². The number of ether oxygens (including phenoxy) is 2. The van der Waals surface area contributed by atoms with E-state index in [1.807, 2.05) is 12.1 Å². The smallest absolute Gasteiger partial charge is 0.163 e. The van der Waals surface area contributed by atoms with Crippen LogP contribution in [0.1, 0.15) is 6.42 Å². The molecule has 1 aliphatic heterocycles. The molecule has 1 saturated heterocycles. The number of fused-ring (bicyclic) bond motifs is 1. The molecule has 1 aromatic carbocycles. The molecule has 23 heavy (non-hydrogen) atoms. The molecule has 0 aliphatic carbocycles. The number of piperazine rings is 1. The second-order valence-corrected chi connectivity index (χ2v) is 5.84. The van der Waals surface area contributed by atoms with Crippen LogP contribution in [0.4, 0.5) is 0 Å². The maximum Gasteiger partial charge on any atom is 0.163 e. The summed E-state index contributed by atoms with van der Waals surface area (Å²) in [5, 5.41) is 4.53. The van der Waals surface area contributed by atoms with Gasteiger partial charge in [-0.3, -0.25) is 0 Å². The predicted octanol–water partition coefficient (Wildman–Crippen LogP) is 1.97. The fraction of sp³-hybridized carbons (Fsp3) is 0.500. The topological polar surface area (TPSA) is 59.5 Å². The van der Waals surface area contributed by atoms with Crippen LogP contribution in [0.3, 0.4) is 0 Å². The van der Waals surface area contributed by atoms with Crippen LogP contribution in [0, 0.1) is 0 Å². The van der Waals surface area contributed by atoms with Crippen LogP contribution in [-0.2, 0) is 0 Å². The number of halogens is 1. The minimum absolute atomic E-state index is 0.415. The normalized spacial score (nSPS) is 15.7. The molecule has 0 unspecified atom stereocenters. The number of aromatic nitrogens is 2. The van der Waals surface area contributed by atoms with E-state index in [0.717, 1.165) is 50.0 Å². The highest BCUT2D eigenvalue weighted by molar-refractivity contribution is 6.34. The van der Waals surface area contributed by atoms with Gasteiger partial charge in [0.15, 0.2) is 11.5 Å². The zero-order valence-corrected chi connectivity index (χ0v) is 14.0. The minimum atomic E-state index is 0.415. The lowest BCUT2D eigenvalue weighted by atomic mass is 10.2. The number of benzene rings is 1. The number of methoxy groups -OCH3 is 1. The van der Waals surface area contributed by atoms with Crippen LogP contribution in [-0.4, -0.2) is 61.3 Å². The Kier molecular flexibility index (Phi) is 5.48. The maximum absolute atomic E-state index is 6.09. The summed E-state index contributed by atoms with van der Waals surface area (Å²) in [5.74, 6) is 1.34. The maximum atomic E-state index is 6.09. The first kappa shape index (κ1) is 16.2. The van der Waals surface area contributed by atoms with Gasteiger partial charge in [0.05, 0.1) is 19.2 Å². The van der Waals surface area contributed by atoms with Crippen molar-refractivity contribution in [3.8, 4) is 11.5 Å². The van der Waals surface area contributed by atoms with Gasteiger partial charge in [-0.05, 0) is 12.5 Å². The highest BCUT2D eigenvalue weighted by atomic mass is 35.5. The van der Waals surface area contributed by atoms with Crippen molar-refractivity contribution in [2.24, 2.45) is 0 Å². The summed E-state index contributed by atoms with van der Waals surface area (Å²) < 4.78 is 11.3. The van der Waals surface area contributed by atoms with Crippen LogP contribution in [0.15, 0.2) is 18.5 Å². The van der Waals surface area contributed by atoms with Crippen molar-refractivity contribution in [1.29, 1.82) is 0 Å². The lowest BCUT2D eigenvalue weighted by Crippen LogP contribution is -2.43. The van der Waals surface area contributed by atoms with Gasteiger partial charge in [-0.2, -0.15) is 0 Å². The van der Waals surface area contributed by atoms with Gasteiger partial charge in [0.1, 0.15) is 11.5 Å². The molecule has 0 atom stereocenters. The third-order valence-electron chi connectivity index (χ3n) is 3.96. The summed E-state index contributed by atoms with van der Waals surface area (Å²) in [7, 11) is 1.62. The summed E-state index contributed by atoms with van der Waals surface area (Å²) in [6.45, 7) is 6.04. The summed E-state index contributed by atoms with van der Waals surface area (Å²) in [5.41, 5.74) is 0.753. The third-order valence-corrected chi connectivity index (χ3v) is 4.26. The van der Waals surface area contributed by atoms with Crippen molar-refractivity contribution >= 4 is 22.5 Å². The molecule has 3 rings (SSSR count). The van der Waals surface area contributed by atoms with Gasteiger partial charge in [0, 0.05) is 44.2 Å². The van der Waals surface area contributed by atoms with E-state index in [1.165, 1.54) is 6.33 Å². The van der Waals surface area contributed by atoms with Crippen molar-refractivity contribution < 1.29 is 9.47 Å². The van der Waals surface area contributed by atoms with Crippen LogP contribution in [0.25, 0.3) is 10.9 Å². The molecule has 1 fully saturated rings. The van der Waals surface area contributed by atoms with Gasteiger partial charge in [-0.15, -0.1) is 0 Å². The molecule has 0 bridgehead atoms. The quantitative estimate of drug-likeness (QED) is 0.643. The Morgan fingerprint density at radius 2 is 2.04 bits per heavy atom. The second-order valence-electron chi connectivity index (χ2n) is 5.48. The average molecular weight is 337 g/mol. The molecule has 2 heterocycles. The number of hydrogen-bond donors (Lipinski definition) is 1. The molecular formula is C16H21ClN4O2. The van der Waals surface area contributed by atoms with Gasteiger partial charge in [-0.25, -0.2) is 9.97 Å².